The van der Waals surface area contributed by atoms with Crippen LogP contribution < -0.4 is 16.0 Å². The van der Waals surface area contributed by atoms with E-state index in [9.17, 15) is 13.2 Å². The highest BCUT2D eigenvalue weighted by Crippen LogP contribution is 2.27. The van der Waals surface area contributed by atoms with Gasteiger partial charge in [-0.05, 0) is 39.3 Å². The third-order valence-corrected chi connectivity index (χ3v) is 3.89. The minimum atomic E-state index is -4.49. The molecule has 0 atom stereocenters. The molecule has 3 N–H and O–H groups in total. The van der Waals surface area contributed by atoms with Gasteiger partial charge in [0.2, 0.25) is 5.95 Å². The van der Waals surface area contributed by atoms with Crippen LogP contribution in [0.15, 0.2) is 23.3 Å². The van der Waals surface area contributed by atoms with E-state index in [0.29, 0.717) is 32.1 Å². The lowest BCUT2D eigenvalue weighted by atomic mass is 10.4. The second kappa shape index (κ2) is 12.5. The number of hydrogen-bond acceptors (Lipinski definition) is 5. The van der Waals surface area contributed by atoms with Crippen molar-refractivity contribution in [3.05, 3.63) is 35.4 Å². The number of anilines is 1. The van der Waals surface area contributed by atoms with Crippen molar-refractivity contribution in [2.45, 2.75) is 39.9 Å². The van der Waals surface area contributed by atoms with E-state index in [4.69, 9.17) is 0 Å². The first-order valence-electron chi connectivity index (χ1n) is 9.47. The Kier molecular flexibility index (Phi) is 10.8. The number of guanidine groups is 1. The summed E-state index contributed by atoms with van der Waals surface area (Å²) in [4.78, 5) is 11.8. The van der Waals surface area contributed by atoms with Gasteiger partial charge < -0.3 is 16.0 Å². The molecule has 2 aromatic heterocycles. The molecule has 0 radical (unpaired) electrons. The molecule has 0 aliphatic rings. The Balaban J connectivity index is 0.00000450. The highest BCUT2D eigenvalue weighted by atomic mass is 127. The first-order chi connectivity index (χ1) is 13.8. The minimum absolute atomic E-state index is 0. The lowest BCUT2D eigenvalue weighted by molar-refractivity contribution is -0.141. The summed E-state index contributed by atoms with van der Waals surface area (Å²) in [5.74, 6) is 0.584. The van der Waals surface area contributed by atoms with Crippen LogP contribution in [-0.2, 0) is 12.7 Å². The van der Waals surface area contributed by atoms with Crippen molar-refractivity contribution in [2.75, 3.05) is 31.5 Å². The molecule has 0 aliphatic carbocycles. The minimum Gasteiger partial charge on any atom is -0.357 e. The van der Waals surface area contributed by atoms with Crippen molar-refractivity contribution in [3.8, 4) is 0 Å². The second-order valence-electron chi connectivity index (χ2n) is 6.38. The molecule has 12 heteroatoms. The molecular weight excluding hydrogens is 512 g/mol. The van der Waals surface area contributed by atoms with Crippen LogP contribution in [0.4, 0.5) is 19.1 Å². The van der Waals surface area contributed by atoms with E-state index >= 15 is 0 Å². The average Bonchev–Trinajstić information content (AvgIpc) is 2.99. The SMILES string of the molecule is CCNC(=NCCCn1nc(C)cc1C)NCCNc1nccc(C(F)(F)F)n1.I. The van der Waals surface area contributed by atoms with E-state index in [-0.39, 0.29) is 29.9 Å². The van der Waals surface area contributed by atoms with Crippen molar-refractivity contribution in [1.82, 2.24) is 30.4 Å². The van der Waals surface area contributed by atoms with Gasteiger partial charge in [-0.2, -0.15) is 18.3 Å². The molecule has 0 amide bonds. The lowest BCUT2D eigenvalue weighted by Crippen LogP contribution is -2.39. The summed E-state index contributed by atoms with van der Waals surface area (Å²) < 4.78 is 40.0. The van der Waals surface area contributed by atoms with Crippen molar-refractivity contribution in [1.29, 1.82) is 0 Å². The van der Waals surface area contributed by atoms with Gasteiger partial charge in [0.15, 0.2) is 5.96 Å². The predicted molar refractivity (Wildman–Crippen MR) is 121 cm³/mol. The number of halogens is 4. The van der Waals surface area contributed by atoms with Gasteiger partial charge in [-0.3, -0.25) is 9.67 Å². The van der Waals surface area contributed by atoms with Gasteiger partial charge in [0.25, 0.3) is 0 Å². The largest absolute Gasteiger partial charge is 0.433 e. The fourth-order valence-electron chi connectivity index (χ4n) is 2.61. The fourth-order valence-corrected chi connectivity index (χ4v) is 2.61. The zero-order valence-corrected chi connectivity index (χ0v) is 19.6. The Hall–Kier alpha value is -2.12. The molecule has 0 saturated heterocycles. The molecular formula is C18H28F3IN8. The number of aromatic nitrogens is 4. The monoisotopic (exact) mass is 540 g/mol. The van der Waals surface area contributed by atoms with Crippen LogP contribution in [0, 0.1) is 13.8 Å². The van der Waals surface area contributed by atoms with Crippen molar-refractivity contribution >= 4 is 35.9 Å². The standard InChI is InChI=1S/C18H27F3N8.HI/c1-4-22-16(23-7-5-11-29-14(3)12-13(2)28-29)25-9-10-26-17-24-8-6-15(27-17)18(19,20)21;/h6,8,12H,4-5,7,9-11H2,1-3H3,(H2,22,23,25)(H,24,26,27);1H. The van der Waals surface area contributed by atoms with E-state index < -0.39 is 11.9 Å². The highest BCUT2D eigenvalue weighted by molar-refractivity contribution is 14.0. The molecule has 2 aromatic rings. The van der Waals surface area contributed by atoms with Crippen LogP contribution in [0.2, 0.25) is 0 Å². The van der Waals surface area contributed by atoms with Crippen LogP contribution in [0.3, 0.4) is 0 Å². The molecule has 2 heterocycles. The molecule has 30 heavy (non-hydrogen) atoms. The maximum Gasteiger partial charge on any atom is 0.433 e. The topological polar surface area (TPSA) is 92.0 Å². The average molecular weight is 540 g/mol. The van der Waals surface area contributed by atoms with E-state index in [2.05, 4.69) is 36.0 Å². The number of aryl methyl sites for hydroxylation is 3. The molecule has 0 spiro atoms. The van der Waals surface area contributed by atoms with Crippen LogP contribution in [0.5, 0.6) is 0 Å². The van der Waals surface area contributed by atoms with Gasteiger partial charge >= 0.3 is 6.18 Å². The normalized spacial score (nSPS) is 11.7. The van der Waals surface area contributed by atoms with Gasteiger partial charge in [0, 0.05) is 44.6 Å². The summed E-state index contributed by atoms with van der Waals surface area (Å²) in [5, 5.41) is 13.5. The van der Waals surface area contributed by atoms with Crippen LogP contribution in [-0.4, -0.2) is 51.9 Å². The van der Waals surface area contributed by atoms with E-state index in [1.807, 2.05) is 31.5 Å². The predicted octanol–water partition coefficient (Wildman–Crippen LogP) is 2.98. The van der Waals surface area contributed by atoms with Gasteiger partial charge in [-0.1, -0.05) is 0 Å². The summed E-state index contributed by atoms with van der Waals surface area (Å²) in [5.41, 5.74) is 1.15. The number of hydrogen-bond donors (Lipinski definition) is 3. The first-order valence-corrected chi connectivity index (χ1v) is 9.47. The Morgan fingerprint density at radius 2 is 1.97 bits per heavy atom. The molecule has 0 aliphatic heterocycles. The van der Waals surface area contributed by atoms with Gasteiger partial charge in [0.05, 0.1) is 5.69 Å². The molecule has 0 aromatic carbocycles. The Morgan fingerprint density at radius 1 is 1.20 bits per heavy atom. The molecule has 0 unspecified atom stereocenters. The van der Waals surface area contributed by atoms with Crippen LogP contribution in [0.25, 0.3) is 0 Å². The van der Waals surface area contributed by atoms with Gasteiger partial charge in [0.1, 0.15) is 5.69 Å². The fraction of sp³-hybridized carbons (Fsp3) is 0.556. The molecule has 0 fully saturated rings. The summed E-state index contributed by atoms with van der Waals surface area (Å²) in [7, 11) is 0. The van der Waals surface area contributed by atoms with Crippen LogP contribution in [0.1, 0.15) is 30.4 Å². The summed E-state index contributed by atoms with van der Waals surface area (Å²) >= 11 is 0. The first kappa shape index (κ1) is 25.9. The molecule has 8 nitrogen and oxygen atoms in total. The Labute approximate surface area is 191 Å². The molecule has 168 valence electrons. The third kappa shape index (κ3) is 8.71. The molecule has 0 bridgehead atoms. The summed E-state index contributed by atoms with van der Waals surface area (Å²) in [6, 6.07) is 2.88. The zero-order valence-electron chi connectivity index (χ0n) is 17.3. The second-order valence-corrected chi connectivity index (χ2v) is 6.38. The molecule has 0 saturated carbocycles. The smallest absolute Gasteiger partial charge is 0.357 e. The van der Waals surface area contributed by atoms with Crippen molar-refractivity contribution < 1.29 is 13.2 Å². The van der Waals surface area contributed by atoms with Crippen LogP contribution >= 0.6 is 24.0 Å². The Morgan fingerprint density at radius 3 is 2.60 bits per heavy atom. The zero-order chi connectivity index (χ0) is 21.3. The summed E-state index contributed by atoms with van der Waals surface area (Å²) in [6.07, 6.45) is -2.56. The van der Waals surface area contributed by atoms with E-state index in [0.717, 1.165) is 36.6 Å². The van der Waals surface area contributed by atoms with Gasteiger partial charge in [-0.15, -0.1) is 24.0 Å². The number of alkyl halides is 3. The van der Waals surface area contributed by atoms with Crippen molar-refractivity contribution in [2.24, 2.45) is 4.99 Å². The number of rotatable bonds is 9. The maximum absolute atomic E-state index is 12.7. The maximum atomic E-state index is 12.7. The number of aliphatic imine (C=N–C) groups is 1. The summed E-state index contributed by atoms with van der Waals surface area (Å²) in [6.45, 7) is 8.85. The quantitative estimate of drug-likeness (QED) is 0.196. The lowest BCUT2D eigenvalue weighted by Gasteiger charge is -2.12. The van der Waals surface area contributed by atoms with E-state index in [1.54, 1.807) is 0 Å². The Bertz CT molecular complexity index is 807. The highest BCUT2D eigenvalue weighted by Gasteiger charge is 2.32. The number of nitrogens with one attached hydrogen (secondary N) is 3. The van der Waals surface area contributed by atoms with Crippen molar-refractivity contribution in [3.63, 3.8) is 0 Å². The van der Waals surface area contributed by atoms with Gasteiger partial charge in [-0.25, -0.2) is 9.97 Å². The third-order valence-electron chi connectivity index (χ3n) is 3.89. The van der Waals surface area contributed by atoms with E-state index in [1.165, 1.54) is 0 Å². The molecule has 2 rings (SSSR count). The number of nitrogens with zero attached hydrogens (tertiary/aromatic N) is 5.